The number of phenolic OH excluding ortho intramolecular Hbond substituents is 1. The van der Waals surface area contributed by atoms with Crippen molar-refractivity contribution in [3.63, 3.8) is 0 Å². The maximum absolute atomic E-state index is 11.6. The van der Waals surface area contributed by atoms with E-state index in [2.05, 4.69) is 16.7 Å². The Kier molecular flexibility index (Phi) is 6.70. The Hall–Kier alpha value is -2.06. The number of carbonyl (C=O) groups is 1. The van der Waals surface area contributed by atoms with Crippen molar-refractivity contribution in [1.82, 2.24) is 5.32 Å². The van der Waals surface area contributed by atoms with Gasteiger partial charge in [0, 0.05) is 30.3 Å². The van der Waals surface area contributed by atoms with Crippen LogP contribution in [0.3, 0.4) is 0 Å². The van der Waals surface area contributed by atoms with Gasteiger partial charge in [-0.1, -0.05) is 6.92 Å². The molecule has 1 rings (SSSR count). The lowest BCUT2D eigenvalue weighted by molar-refractivity contribution is -0.116. The van der Waals surface area contributed by atoms with Crippen molar-refractivity contribution in [2.75, 3.05) is 11.9 Å². The molecular formula is C16H23N3O2. The van der Waals surface area contributed by atoms with Gasteiger partial charge in [0.05, 0.1) is 12.0 Å². The molecule has 0 aliphatic rings. The molecule has 21 heavy (non-hydrogen) atoms. The molecule has 0 saturated carbocycles. The predicted molar refractivity (Wildman–Crippen MR) is 82.8 cm³/mol. The Morgan fingerprint density at radius 1 is 1.43 bits per heavy atom. The van der Waals surface area contributed by atoms with Crippen LogP contribution in [0.2, 0.25) is 0 Å². The zero-order chi connectivity index (χ0) is 15.8. The third kappa shape index (κ3) is 5.44. The van der Waals surface area contributed by atoms with Gasteiger partial charge in [-0.05, 0) is 38.5 Å². The molecule has 2 unspecified atom stereocenters. The van der Waals surface area contributed by atoms with E-state index in [-0.39, 0.29) is 23.6 Å². The number of nitrogens with zero attached hydrogens (tertiary/aromatic N) is 1. The molecule has 5 nitrogen and oxygen atoms in total. The smallest absolute Gasteiger partial charge is 0.224 e. The summed E-state index contributed by atoms with van der Waals surface area (Å²) in [5, 5.41) is 24.7. The number of hydrogen-bond acceptors (Lipinski definition) is 4. The van der Waals surface area contributed by atoms with Crippen LogP contribution in [0.25, 0.3) is 0 Å². The van der Waals surface area contributed by atoms with E-state index in [9.17, 15) is 9.90 Å². The molecule has 5 heteroatoms. The Morgan fingerprint density at radius 2 is 2.14 bits per heavy atom. The number of rotatable bonds is 7. The first-order valence-electron chi connectivity index (χ1n) is 7.23. The van der Waals surface area contributed by atoms with Crippen LogP contribution in [-0.4, -0.2) is 17.6 Å². The molecule has 0 spiro atoms. The largest absolute Gasteiger partial charge is 0.508 e. The molecule has 0 heterocycles. The number of phenols is 1. The van der Waals surface area contributed by atoms with Gasteiger partial charge in [-0.3, -0.25) is 4.79 Å². The van der Waals surface area contributed by atoms with Crippen molar-refractivity contribution in [3.05, 3.63) is 23.8 Å². The second-order valence-electron chi connectivity index (χ2n) is 5.23. The number of anilines is 1. The van der Waals surface area contributed by atoms with E-state index in [4.69, 9.17) is 5.26 Å². The van der Waals surface area contributed by atoms with E-state index in [1.165, 1.54) is 0 Å². The Labute approximate surface area is 126 Å². The number of benzene rings is 1. The van der Waals surface area contributed by atoms with Crippen LogP contribution in [0.1, 0.15) is 45.2 Å². The Morgan fingerprint density at radius 3 is 2.76 bits per heavy atom. The lowest BCUT2D eigenvalue weighted by Crippen LogP contribution is -2.24. The highest BCUT2D eigenvalue weighted by Crippen LogP contribution is 2.27. The third-order valence-electron chi connectivity index (χ3n) is 3.21. The first kappa shape index (κ1) is 17.0. The highest BCUT2D eigenvalue weighted by molar-refractivity contribution is 5.90. The van der Waals surface area contributed by atoms with Crippen molar-refractivity contribution in [1.29, 1.82) is 5.26 Å². The van der Waals surface area contributed by atoms with Gasteiger partial charge in [0.25, 0.3) is 0 Å². The van der Waals surface area contributed by atoms with E-state index < -0.39 is 0 Å². The number of nitrogens with one attached hydrogen (secondary N) is 2. The zero-order valence-corrected chi connectivity index (χ0v) is 12.8. The summed E-state index contributed by atoms with van der Waals surface area (Å²) in [6.07, 6.45) is 1.27. The average molecular weight is 289 g/mol. The van der Waals surface area contributed by atoms with E-state index in [1.54, 1.807) is 18.2 Å². The molecule has 0 aliphatic carbocycles. The molecule has 0 aromatic heterocycles. The lowest BCUT2D eigenvalue weighted by atomic mass is 10.1. The third-order valence-corrected chi connectivity index (χ3v) is 3.21. The maximum Gasteiger partial charge on any atom is 0.224 e. The molecule has 3 N–H and O–H groups in total. The molecule has 0 saturated heterocycles. The number of hydrogen-bond donors (Lipinski definition) is 3. The summed E-state index contributed by atoms with van der Waals surface area (Å²) in [5.41, 5.74) is 1.37. The molecular weight excluding hydrogens is 266 g/mol. The van der Waals surface area contributed by atoms with Gasteiger partial charge in [0.15, 0.2) is 0 Å². The highest BCUT2D eigenvalue weighted by Gasteiger charge is 2.13. The fourth-order valence-electron chi connectivity index (χ4n) is 1.94. The molecule has 1 aromatic rings. The monoisotopic (exact) mass is 289 g/mol. The van der Waals surface area contributed by atoms with Crippen LogP contribution in [0.15, 0.2) is 18.2 Å². The Bertz CT molecular complexity index is 523. The summed E-state index contributed by atoms with van der Waals surface area (Å²) in [5.74, 6) is 0.0444. The topological polar surface area (TPSA) is 85.2 Å². The zero-order valence-electron chi connectivity index (χ0n) is 12.8. The minimum Gasteiger partial charge on any atom is -0.508 e. The second-order valence-corrected chi connectivity index (χ2v) is 5.23. The molecule has 0 aliphatic heterocycles. The normalized spacial score (nSPS) is 13.2. The summed E-state index contributed by atoms with van der Waals surface area (Å²) >= 11 is 0. The number of carbonyl (C=O) groups excluding carboxylic acids is 1. The van der Waals surface area contributed by atoms with Gasteiger partial charge in [-0.15, -0.1) is 0 Å². The fraction of sp³-hybridized carbons (Fsp3) is 0.500. The van der Waals surface area contributed by atoms with Crippen LogP contribution in [-0.2, 0) is 4.79 Å². The molecule has 2 atom stereocenters. The first-order valence-corrected chi connectivity index (χ1v) is 7.23. The highest BCUT2D eigenvalue weighted by atomic mass is 16.3. The minimum absolute atomic E-state index is 0.0344. The summed E-state index contributed by atoms with van der Waals surface area (Å²) in [6.45, 7) is 6.24. The summed E-state index contributed by atoms with van der Waals surface area (Å²) in [4.78, 5) is 11.6. The maximum atomic E-state index is 11.6. The summed E-state index contributed by atoms with van der Waals surface area (Å²) < 4.78 is 0. The second kappa shape index (κ2) is 8.28. The van der Waals surface area contributed by atoms with Gasteiger partial charge in [-0.25, -0.2) is 0 Å². The van der Waals surface area contributed by atoms with Crippen LogP contribution < -0.4 is 10.6 Å². The van der Waals surface area contributed by atoms with Crippen LogP contribution in [0.5, 0.6) is 5.75 Å². The standard InChI is InChI=1S/C16H23N3O2/c1-4-5-16(21)19-13-6-7-15(20)14(8-13)12(3)18-10-11(2)9-17/h6-8,11-12,18,20H,4-5,10H2,1-3H3,(H,19,21). The van der Waals surface area contributed by atoms with Crippen molar-refractivity contribution in [3.8, 4) is 11.8 Å². The first-order chi connectivity index (χ1) is 9.97. The molecule has 1 amide bonds. The predicted octanol–water partition coefficient (Wildman–Crippen LogP) is 2.94. The van der Waals surface area contributed by atoms with Crippen molar-refractivity contribution < 1.29 is 9.90 Å². The molecule has 0 bridgehead atoms. The minimum atomic E-state index is -0.108. The molecule has 0 radical (unpaired) electrons. The van der Waals surface area contributed by atoms with E-state index >= 15 is 0 Å². The van der Waals surface area contributed by atoms with Crippen LogP contribution in [0, 0.1) is 17.2 Å². The van der Waals surface area contributed by atoms with Crippen molar-refractivity contribution >= 4 is 11.6 Å². The number of aromatic hydroxyl groups is 1. The van der Waals surface area contributed by atoms with Crippen molar-refractivity contribution in [2.24, 2.45) is 5.92 Å². The quantitative estimate of drug-likeness (QED) is 0.674. The van der Waals surface area contributed by atoms with Gasteiger partial charge in [0.1, 0.15) is 5.75 Å². The average Bonchev–Trinajstić information content (AvgIpc) is 2.46. The van der Waals surface area contributed by atoms with Gasteiger partial charge in [0.2, 0.25) is 5.91 Å². The summed E-state index contributed by atoms with van der Waals surface area (Å²) in [7, 11) is 0. The lowest BCUT2D eigenvalue weighted by Gasteiger charge is -2.17. The SMILES string of the molecule is CCCC(=O)Nc1ccc(O)c(C(C)NCC(C)C#N)c1. The van der Waals surface area contributed by atoms with E-state index in [0.29, 0.717) is 24.2 Å². The Balaban J connectivity index is 2.77. The van der Waals surface area contributed by atoms with Crippen molar-refractivity contribution in [2.45, 2.75) is 39.7 Å². The molecule has 0 fully saturated rings. The number of nitriles is 1. The number of amides is 1. The molecule has 114 valence electrons. The fourth-order valence-corrected chi connectivity index (χ4v) is 1.94. The van der Waals surface area contributed by atoms with Gasteiger partial charge < -0.3 is 15.7 Å². The van der Waals surface area contributed by atoms with E-state index in [0.717, 1.165) is 6.42 Å². The van der Waals surface area contributed by atoms with Crippen LogP contribution in [0.4, 0.5) is 5.69 Å². The van der Waals surface area contributed by atoms with E-state index in [1.807, 2.05) is 20.8 Å². The molecule has 1 aromatic carbocycles. The summed E-state index contributed by atoms with van der Waals surface area (Å²) in [6, 6.07) is 7.06. The van der Waals surface area contributed by atoms with Gasteiger partial charge in [-0.2, -0.15) is 5.26 Å². The van der Waals surface area contributed by atoms with Crippen LogP contribution >= 0.6 is 0 Å². The van der Waals surface area contributed by atoms with Gasteiger partial charge >= 0.3 is 0 Å².